The first kappa shape index (κ1) is 14.7. The summed E-state index contributed by atoms with van der Waals surface area (Å²) in [5.41, 5.74) is 0.591. The van der Waals surface area contributed by atoms with E-state index in [4.69, 9.17) is 0 Å². The molecule has 0 spiro atoms. The minimum absolute atomic E-state index is 0.0698. The van der Waals surface area contributed by atoms with Gasteiger partial charge in [0.2, 0.25) is 5.91 Å². The van der Waals surface area contributed by atoms with Gasteiger partial charge in [-0.3, -0.25) is 4.79 Å². The lowest BCUT2D eigenvalue weighted by Gasteiger charge is -2.06. The second-order valence-corrected chi connectivity index (χ2v) is 5.99. The van der Waals surface area contributed by atoms with Gasteiger partial charge in [0.15, 0.2) is 9.84 Å². The fourth-order valence-corrected chi connectivity index (χ4v) is 2.65. The molecule has 0 aliphatic heterocycles. The molecule has 0 aliphatic carbocycles. The van der Waals surface area contributed by atoms with Crippen LogP contribution in [0.15, 0.2) is 29.2 Å². The zero-order valence-electron chi connectivity index (χ0n) is 10.6. The van der Waals surface area contributed by atoms with E-state index >= 15 is 0 Å². The van der Waals surface area contributed by atoms with Gasteiger partial charge in [0.05, 0.1) is 10.6 Å². The number of amides is 1. The van der Waals surface area contributed by atoms with E-state index in [0.29, 0.717) is 12.2 Å². The van der Waals surface area contributed by atoms with Crippen molar-refractivity contribution in [1.29, 1.82) is 0 Å². The molecule has 6 heteroatoms. The lowest BCUT2D eigenvalue weighted by atomic mass is 10.3. The lowest BCUT2D eigenvalue weighted by molar-refractivity contribution is -0.114. The molecule has 100 valence electrons. The van der Waals surface area contributed by atoms with E-state index in [9.17, 15) is 13.2 Å². The molecule has 18 heavy (non-hydrogen) atoms. The molecule has 0 heterocycles. The Bertz CT molecular complexity index is 495. The number of carbonyl (C=O) groups excluding carboxylic acids is 1. The molecule has 0 fully saturated rings. The lowest BCUT2D eigenvalue weighted by Crippen LogP contribution is -2.22. The zero-order valence-corrected chi connectivity index (χ0v) is 11.4. The monoisotopic (exact) mass is 270 g/mol. The van der Waals surface area contributed by atoms with Crippen LogP contribution in [0.3, 0.4) is 0 Å². The predicted octanol–water partition coefficient (Wildman–Crippen LogP) is 1.03. The Morgan fingerprint density at radius 3 is 2.33 bits per heavy atom. The van der Waals surface area contributed by atoms with Gasteiger partial charge in [-0.1, -0.05) is 6.92 Å². The maximum absolute atomic E-state index is 11.9. The molecule has 1 aromatic carbocycles. The zero-order chi connectivity index (χ0) is 13.6. The van der Waals surface area contributed by atoms with Crippen LogP contribution < -0.4 is 10.6 Å². The number of benzene rings is 1. The maximum atomic E-state index is 11.9. The van der Waals surface area contributed by atoms with Gasteiger partial charge in [0.25, 0.3) is 0 Å². The summed E-state index contributed by atoms with van der Waals surface area (Å²) in [5.74, 6) is -0.113. The maximum Gasteiger partial charge on any atom is 0.221 e. The Balaban J connectivity index is 2.74. The highest BCUT2D eigenvalue weighted by atomic mass is 32.2. The van der Waals surface area contributed by atoms with Crippen LogP contribution in [0.2, 0.25) is 0 Å². The molecule has 1 amide bonds. The van der Waals surface area contributed by atoms with E-state index < -0.39 is 9.84 Å². The molecular formula is C12H18N2O3S. The number of nitrogens with one attached hydrogen (secondary N) is 2. The molecule has 0 atom stereocenters. The van der Waals surface area contributed by atoms with Crippen LogP contribution in [0.5, 0.6) is 0 Å². The third-order valence-corrected chi connectivity index (χ3v) is 4.06. The molecule has 0 unspecified atom stereocenters. The van der Waals surface area contributed by atoms with E-state index in [0.717, 1.165) is 6.54 Å². The van der Waals surface area contributed by atoms with Crippen molar-refractivity contribution in [1.82, 2.24) is 5.32 Å². The molecule has 1 rings (SSSR count). The standard InChI is InChI=1S/C12H18N2O3S/c1-3-13-8-9-18(16,17)12-6-4-11(5-7-12)14-10(2)15/h4-7,13H,3,8-9H2,1-2H3,(H,14,15). The number of sulfone groups is 1. The fraction of sp³-hybridized carbons (Fsp3) is 0.417. The summed E-state index contributed by atoms with van der Waals surface area (Å²) in [6, 6.07) is 6.18. The fourth-order valence-electron chi connectivity index (χ4n) is 1.45. The second kappa shape index (κ2) is 6.51. The Morgan fingerprint density at radius 1 is 1.22 bits per heavy atom. The Hall–Kier alpha value is -1.40. The van der Waals surface area contributed by atoms with Crippen LogP contribution in [0, 0.1) is 0 Å². The second-order valence-electron chi connectivity index (χ2n) is 3.88. The van der Waals surface area contributed by atoms with Crippen molar-refractivity contribution in [2.45, 2.75) is 18.7 Å². The van der Waals surface area contributed by atoms with Crippen molar-refractivity contribution >= 4 is 21.4 Å². The molecule has 0 saturated heterocycles. The minimum atomic E-state index is -3.25. The topological polar surface area (TPSA) is 75.3 Å². The Labute approximate surface area is 108 Å². The highest BCUT2D eigenvalue weighted by Gasteiger charge is 2.13. The summed E-state index contributed by atoms with van der Waals surface area (Å²) in [4.78, 5) is 11.1. The van der Waals surface area contributed by atoms with Gasteiger partial charge in [0, 0.05) is 19.2 Å². The normalized spacial score (nSPS) is 11.2. The van der Waals surface area contributed by atoms with E-state index in [2.05, 4.69) is 10.6 Å². The van der Waals surface area contributed by atoms with Crippen LogP contribution >= 0.6 is 0 Å². The summed E-state index contributed by atoms with van der Waals surface area (Å²) in [7, 11) is -3.25. The SMILES string of the molecule is CCNCCS(=O)(=O)c1ccc(NC(C)=O)cc1. The number of rotatable bonds is 6. The van der Waals surface area contributed by atoms with Crippen LogP contribution in [0.4, 0.5) is 5.69 Å². The van der Waals surface area contributed by atoms with Gasteiger partial charge in [-0.15, -0.1) is 0 Å². The number of hydrogen-bond acceptors (Lipinski definition) is 4. The molecular weight excluding hydrogens is 252 g/mol. The van der Waals surface area contributed by atoms with Crippen molar-refractivity contribution < 1.29 is 13.2 Å². The van der Waals surface area contributed by atoms with Crippen molar-refractivity contribution in [3.8, 4) is 0 Å². The van der Waals surface area contributed by atoms with Crippen LogP contribution in [0.25, 0.3) is 0 Å². The van der Waals surface area contributed by atoms with Crippen LogP contribution in [-0.4, -0.2) is 33.2 Å². The van der Waals surface area contributed by atoms with Crippen molar-refractivity contribution in [3.05, 3.63) is 24.3 Å². The smallest absolute Gasteiger partial charge is 0.221 e. The average Bonchev–Trinajstić information content (AvgIpc) is 2.29. The van der Waals surface area contributed by atoms with Gasteiger partial charge >= 0.3 is 0 Å². The van der Waals surface area contributed by atoms with Crippen molar-refractivity contribution in [3.63, 3.8) is 0 Å². The van der Waals surface area contributed by atoms with Crippen LogP contribution in [-0.2, 0) is 14.6 Å². The van der Waals surface area contributed by atoms with E-state index in [-0.39, 0.29) is 16.6 Å². The molecule has 5 nitrogen and oxygen atoms in total. The number of anilines is 1. The summed E-state index contributed by atoms with van der Waals surface area (Å²) in [6.07, 6.45) is 0. The Kier molecular flexibility index (Phi) is 5.30. The average molecular weight is 270 g/mol. The highest BCUT2D eigenvalue weighted by Crippen LogP contribution is 2.15. The molecule has 0 bridgehead atoms. The van der Waals surface area contributed by atoms with E-state index in [1.807, 2.05) is 6.92 Å². The molecule has 0 radical (unpaired) electrons. The van der Waals surface area contributed by atoms with Gasteiger partial charge in [-0.25, -0.2) is 8.42 Å². The summed E-state index contributed by atoms with van der Waals surface area (Å²) >= 11 is 0. The molecule has 2 N–H and O–H groups in total. The van der Waals surface area contributed by atoms with Gasteiger partial charge < -0.3 is 10.6 Å². The van der Waals surface area contributed by atoms with Crippen molar-refractivity contribution in [2.75, 3.05) is 24.2 Å². The van der Waals surface area contributed by atoms with Crippen molar-refractivity contribution in [2.24, 2.45) is 0 Å². The quantitative estimate of drug-likeness (QED) is 0.757. The van der Waals surface area contributed by atoms with Gasteiger partial charge in [-0.2, -0.15) is 0 Å². The van der Waals surface area contributed by atoms with Gasteiger partial charge in [-0.05, 0) is 30.8 Å². The molecule has 0 aromatic heterocycles. The first-order valence-electron chi connectivity index (χ1n) is 5.77. The van der Waals surface area contributed by atoms with Gasteiger partial charge in [0.1, 0.15) is 0 Å². The summed E-state index contributed by atoms with van der Waals surface area (Å²) in [5, 5.41) is 5.57. The molecule has 1 aromatic rings. The van der Waals surface area contributed by atoms with E-state index in [1.54, 1.807) is 12.1 Å². The minimum Gasteiger partial charge on any atom is -0.326 e. The summed E-state index contributed by atoms with van der Waals surface area (Å²) in [6.45, 7) is 4.51. The largest absolute Gasteiger partial charge is 0.326 e. The number of carbonyl (C=O) groups is 1. The third kappa shape index (κ3) is 4.46. The summed E-state index contributed by atoms with van der Waals surface area (Å²) < 4.78 is 23.8. The van der Waals surface area contributed by atoms with Crippen LogP contribution in [0.1, 0.15) is 13.8 Å². The molecule has 0 saturated carbocycles. The first-order chi connectivity index (χ1) is 8.45. The first-order valence-corrected chi connectivity index (χ1v) is 7.42. The predicted molar refractivity (Wildman–Crippen MR) is 71.3 cm³/mol. The highest BCUT2D eigenvalue weighted by molar-refractivity contribution is 7.91. The third-order valence-electron chi connectivity index (χ3n) is 2.33. The van der Waals surface area contributed by atoms with E-state index in [1.165, 1.54) is 19.1 Å². The Morgan fingerprint density at radius 2 is 1.83 bits per heavy atom. The molecule has 0 aliphatic rings. The number of hydrogen-bond donors (Lipinski definition) is 2.